The predicted molar refractivity (Wildman–Crippen MR) is 108 cm³/mol. The molecule has 1 amide bonds. The second-order valence-corrected chi connectivity index (χ2v) is 6.82. The Balaban J connectivity index is 1.79. The summed E-state index contributed by atoms with van der Waals surface area (Å²) in [6, 6.07) is 16.3. The summed E-state index contributed by atoms with van der Waals surface area (Å²) in [5.74, 6) is -0.701. The summed E-state index contributed by atoms with van der Waals surface area (Å²) in [6.45, 7) is 5.03. The van der Waals surface area contributed by atoms with E-state index in [0.717, 1.165) is 23.4 Å². The normalized spacial score (nSPS) is 10.9. The first kappa shape index (κ1) is 19.8. The molecule has 0 bridgehead atoms. The summed E-state index contributed by atoms with van der Waals surface area (Å²) in [6.07, 6.45) is 0.721. The van der Waals surface area contributed by atoms with Crippen LogP contribution in [-0.4, -0.2) is 40.2 Å². The van der Waals surface area contributed by atoms with Crippen LogP contribution in [-0.2, 0) is 6.42 Å². The first-order valence-electron chi connectivity index (χ1n) is 9.36. The number of rotatable bonds is 7. The largest absolute Gasteiger partial charge is 0.337 e. The quantitative estimate of drug-likeness (QED) is 0.684. The molecule has 0 atom stereocenters. The Labute approximate surface area is 164 Å². The number of aromatic nitrogens is 2. The van der Waals surface area contributed by atoms with E-state index in [-0.39, 0.29) is 5.91 Å². The number of hydrogen-bond donors (Lipinski definition) is 1. The Hall–Kier alpha value is -2.99. The van der Waals surface area contributed by atoms with Crippen LogP contribution in [0.4, 0.5) is 4.39 Å². The van der Waals surface area contributed by atoms with Gasteiger partial charge in [-0.25, -0.2) is 9.07 Å². The zero-order valence-corrected chi connectivity index (χ0v) is 16.2. The average Bonchev–Trinajstić information content (AvgIpc) is 3.03. The van der Waals surface area contributed by atoms with Gasteiger partial charge in [-0.1, -0.05) is 30.3 Å². The molecule has 0 saturated carbocycles. The summed E-state index contributed by atoms with van der Waals surface area (Å²) in [4.78, 5) is 14.6. The van der Waals surface area contributed by atoms with Gasteiger partial charge >= 0.3 is 0 Å². The number of aryl methyl sites for hydroxylation is 2. The maximum Gasteiger partial charge on any atom is 0.254 e. The Morgan fingerprint density at radius 2 is 1.86 bits per heavy atom. The molecule has 1 heterocycles. The molecule has 3 aromatic rings. The number of nitrogens with two attached hydrogens (primary N) is 1. The van der Waals surface area contributed by atoms with Crippen LogP contribution in [0.2, 0.25) is 0 Å². The summed E-state index contributed by atoms with van der Waals surface area (Å²) >= 11 is 0. The second-order valence-electron chi connectivity index (χ2n) is 6.82. The van der Waals surface area contributed by atoms with Gasteiger partial charge in [-0.2, -0.15) is 5.10 Å². The smallest absolute Gasteiger partial charge is 0.254 e. The van der Waals surface area contributed by atoms with Crippen LogP contribution in [0.3, 0.4) is 0 Å². The zero-order valence-electron chi connectivity index (χ0n) is 16.2. The van der Waals surface area contributed by atoms with E-state index in [9.17, 15) is 9.18 Å². The number of amides is 1. The summed E-state index contributed by atoms with van der Waals surface area (Å²) < 4.78 is 16.3. The number of carbonyl (C=O) groups is 1. The van der Waals surface area contributed by atoms with Crippen molar-refractivity contribution < 1.29 is 9.18 Å². The zero-order chi connectivity index (χ0) is 20.1. The maximum atomic E-state index is 14.7. The van der Waals surface area contributed by atoms with E-state index >= 15 is 0 Å². The third-order valence-electron chi connectivity index (χ3n) is 4.63. The Morgan fingerprint density at radius 3 is 2.46 bits per heavy atom. The minimum atomic E-state index is -0.479. The number of carbonyl (C=O) groups excluding carboxylic acids is 1. The Kier molecular flexibility index (Phi) is 6.21. The first-order valence-corrected chi connectivity index (χ1v) is 9.36. The Morgan fingerprint density at radius 1 is 1.11 bits per heavy atom. The lowest BCUT2D eigenvalue weighted by atomic mass is 10.1. The lowest BCUT2D eigenvalue weighted by molar-refractivity contribution is 0.0761. The molecule has 0 unspecified atom stereocenters. The molecule has 5 nitrogen and oxygen atoms in total. The van der Waals surface area contributed by atoms with E-state index in [0.29, 0.717) is 30.9 Å². The average molecular weight is 380 g/mol. The van der Waals surface area contributed by atoms with Gasteiger partial charge in [0.25, 0.3) is 5.91 Å². The lowest BCUT2D eigenvalue weighted by Gasteiger charge is -2.22. The van der Waals surface area contributed by atoms with Gasteiger partial charge in [0.15, 0.2) is 0 Å². The molecule has 0 aliphatic rings. The van der Waals surface area contributed by atoms with Gasteiger partial charge in [0.1, 0.15) is 11.5 Å². The fourth-order valence-corrected chi connectivity index (χ4v) is 3.25. The highest BCUT2D eigenvalue weighted by Crippen LogP contribution is 2.18. The fourth-order valence-electron chi connectivity index (χ4n) is 3.25. The molecule has 1 aromatic heterocycles. The van der Waals surface area contributed by atoms with Crippen LogP contribution >= 0.6 is 0 Å². The number of nitrogens with zero attached hydrogens (tertiary/aromatic N) is 3. The van der Waals surface area contributed by atoms with E-state index in [1.807, 2.05) is 50.2 Å². The van der Waals surface area contributed by atoms with E-state index in [4.69, 9.17) is 5.73 Å². The van der Waals surface area contributed by atoms with Crippen LogP contribution in [0.5, 0.6) is 0 Å². The molecule has 28 heavy (non-hydrogen) atoms. The van der Waals surface area contributed by atoms with Gasteiger partial charge in [-0.05, 0) is 50.1 Å². The maximum absolute atomic E-state index is 14.7. The van der Waals surface area contributed by atoms with Gasteiger partial charge in [-0.3, -0.25) is 4.79 Å². The highest BCUT2D eigenvalue weighted by Gasteiger charge is 2.18. The lowest BCUT2D eigenvalue weighted by Crippen LogP contribution is -2.37. The summed E-state index contributed by atoms with van der Waals surface area (Å²) in [5.41, 5.74) is 9.11. The topological polar surface area (TPSA) is 64.2 Å². The number of hydrogen-bond acceptors (Lipinski definition) is 3. The molecule has 0 radical (unpaired) electrons. The molecular formula is C22H25FN4O. The van der Waals surface area contributed by atoms with Gasteiger partial charge < -0.3 is 10.6 Å². The van der Waals surface area contributed by atoms with Gasteiger partial charge in [0.2, 0.25) is 0 Å². The third-order valence-corrected chi connectivity index (χ3v) is 4.63. The predicted octanol–water partition coefficient (Wildman–Crippen LogP) is 3.27. The summed E-state index contributed by atoms with van der Waals surface area (Å²) in [7, 11) is 0. The van der Waals surface area contributed by atoms with E-state index < -0.39 is 5.82 Å². The van der Waals surface area contributed by atoms with Crippen LogP contribution in [0, 0.1) is 19.7 Å². The molecule has 0 aliphatic heterocycles. The van der Waals surface area contributed by atoms with Crippen molar-refractivity contribution in [2.24, 2.45) is 5.73 Å². The van der Waals surface area contributed by atoms with Crippen molar-refractivity contribution in [3.05, 3.63) is 82.9 Å². The van der Waals surface area contributed by atoms with Crippen molar-refractivity contribution in [2.45, 2.75) is 20.3 Å². The van der Waals surface area contributed by atoms with Gasteiger partial charge in [0.05, 0.1) is 5.69 Å². The van der Waals surface area contributed by atoms with Crippen LogP contribution in [0.25, 0.3) is 5.69 Å². The third kappa shape index (κ3) is 4.46. The first-order chi connectivity index (χ1) is 13.5. The Bertz CT molecular complexity index is 952. The van der Waals surface area contributed by atoms with Crippen molar-refractivity contribution in [3.8, 4) is 5.69 Å². The van der Waals surface area contributed by atoms with Crippen molar-refractivity contribution in [3.63, 3.8) is 0 Å². The SMILES string of the molecule is Cc1cc(C)n(-c2ccc(C(=O)N(CCN)CCc3ccccc3)cc2F)n1. The van der Waals surface area contributed by atoms with E-state index in [2.05, 4.69) is 5.10 Å². The van der Waals surface area contributed by atoms with Crippen LogP contribution in [0.15, 0.2) is 54.6 Å². The number of benzene rings is 2. The fraction of sp³-hybridized carbons (Fsp3) is 0.273. The van der Waals surface area contributed by atoms with Gasteiger partial charge in [0, 0.05) is 30.9 Å². The van der Waals surface area contributed by atoms with Crippen LogP contribution < -0.4 is 5.73 Å². The molecule has 6 heteroatoms. The van der Waals surface area contributed by atoms with Crippen LogP contribution in [0.1, 0.15) is 27.3 Å². The molecule has 2 N–H and O–H groups in total. The second kappa shape index (κ2) is 8.80. The molecule has 0 spiro atoms. The minimum absolute atomic E-state index is 0.222. The van der Waals surface area contributed by atoms with E-state index in [1.165, 1.54) is 6.07 Å². The van der Waals surface area contributed by atoms with Crippen molar-refractivity contribution >= 4 is 5.91 Å². The molecule has 3 rings (SSSR count). The molecule has 0 saturated heterocycles. The highest BCUT2D eigenvalue weighted by atomic mass is 19.1. The van der Waals surface area contributed by atoms with Gasteiger partial charge in [-0.15, -0.1) is 0 Å². The van der Waals surface area contributed by atoms with Crippen molar-refractivity contribution in [1.29, 1.82) is 0 Å². The molecule has 2 aromatic carbocycles. The highest BCUT2D eigenvalue weighted by molar-refractivity contribution is 5.94. The standard InChI is InChI=1S/C22H25FN4O/c1-16-14-17(2)27(25-16)21-9-8-19(15-20(21)23)22(28)26(13-11-24)12-10-18-6-4-3-5-7-18/h3-9,14-15H,10-13,24H2,1-2H3. The van der Waals surface area contributed by atoms with Crippen molar-refractivity contribution in [2.75, 3.05) is 19.6 Å². The molecular weight excluding hydrogens is 355 g/mol. The summed E-state index contributed by atoms with van der Waals surface area (Å²) in [5, 5.41) is 4.31. The van der Waals surface area contributed by atoms with E-state index in [1.54, 1.807) is 21.7 Å². The molecule has 0 fully saturated rings. The number of halogens is 1. The monoisotopic (exact) mass is 380 g/mol. The molecule has 146 valence electrons. The molecule has 0 aliphatic carbocycles. The van der Waals surface area contributed by atoms with Crippen molar-refractivity contribution in [1.82, 2.24) is 14.7 Å². The minimum Gasteiger partial charge on any atom is -0.337 e.